The van der Waals surface area contributed by atoms with Gasteiger partial charge in [0.15, 0.2) is 0 Å². The van der Waals surface area contributed by atoms with Gasteiger partial charge in [0, 0.05) is 6.61 Å². The number of aliphatic carboxylic acids is 1. The number of rotatable bonds is 2. The van der Waals surface area contributed by atoms with Gasteiger partial charge in [-0.3, -0.25) is 0 Å². The fourth-order valence-corrected chi connectivity index (χ4v) is 0.250. The van der Waals surface area contributed by atoms with Gasteiger partial charge in [0.25, 0.3) is 0 Å². The second-order valence-corrected chi connectivity index (χ2v) is 2.08. The molecule has 0 bridgehead atoms. The number of aliphatic hydroxyl groups excluding tert-OH is 1. The number of carbonyl (C=O) groups is 1. The molecule has 15 heavy (non-hydrogen) atoms. The Morgan fingerprint density at radius 2 is 1.40 bits per heavy atom. The Morgan fingerprint density at radius 3 is 1.40 bits per heavy atom. The van der Waals surface area contributed by atoms with Crippen LogP contribution in [0.3, 0.4) is 0 Å². The summed E-state index contributed by atoms with van der Waals surface area (Å²) in [6, 6.07) is 0. The van der Waals surface area contributed by atoms with Crippen LogP contribution in [0.5, 0.6) is 0 Å². The SMILES string of the molecule is CCNCC.CCO.O=C(O)C(F)(F)F. The molecule has 0 fully saturated rings. The molecule has 4 nitrogen and oxygen atoms in total. The van der Waals surface area contributed by atoms with Crippen molar-refractivity contribution in [3.8, 4) is 0 Å². The lowest BCUT2D eigenvalue weighted by atomic mass is 10.7. The maximum atomic E-state index is 10.6. The number of hydrogen-bond acceptors (Lipinski definition) is 3. The molecule has 0 spiro atoms. The van der Waals surface area contributed by atoms with E-state index in [4.69, 9.17) is 15.0 Å². The van der Waals surface area contributed by atoms with Crippen molar-refractivity contribution in [1.82, 2.24) is 5.32 Å². The molecule has 0 radical (unpaired) electrons. The summed E-state index contributed by atoms with van der Waals surface area (Å²) in [5, 5.41) is 17.8. The zero-order valence-electron chi connectivity index (χ0n) is 9.06. The van der Waals surface area contributed by atoms with Gasteiger partial charge in [0.05, 0.1) is 0 Å². The van der Waals surface area contributed by atoms with E-state index in [9.17, 15) is 13.2 Å². The molecular formula is C8H18F3NO3. The van der Waals surface area contributed by atoms with Crippen molar-refractivity contribution in [3.05, 3.63) is 0 Å². The Bertz CT molecular complexity index is 138. The largest absolute Gasteiger partial charge is 0.490 e. The fraction of sp³-hybridized carbons (Fsp3) is 0.875. The molecule has 0 saturated carbocycles. The molecule has 94 valence electrons. The summed E-state index contributed by atoms with van der Waals surface area (Å²) in [7, 11) is 0. The monoisotopic (exact) mass is 233 g/mol. The van der Waals surface area contributed by atoms with Crippen molar-refractivity contribution in [2.24, 2.45) is 0 Å². The normalized spacial score (nSPS) is 9.27. The standard InChI is InChI=1S/C4H11N.C2HF3O2.C2H6O/c1-3-5-4-2;3-2(4,5)1(6)7;1-2-3/h5H,3-4H2,1-2H3;(H,6,7);3H,2H2,1H3. The highest BCUT2D eigenvalue weighted by Gasteiger charge is 2.38. The number of nitrogens with one attached hydrogen (secondary N) is 1. The Kier molecular flexibility index (Phi) is 17.3. The van der Waals surface area contributed by atoms with Crippen molar-refractivity contribution in [2.45, 2.75) is 26.9 Å². The van der Waals surface area contributed by atoms with E-state index in [1.165, 1.54) is 0 Å². The third-order valence-corrected chi connectivity index (χ3v) is 0.743. The quantitative estimate of drug-likeness (QED) is 0.671. The van der Waals surface area contributed by atoms with Gasteiger partial charge in [0.1, 0.15) is 0 Å². The summed E-state index contributed by atoms with van der Waals surface area (Å²) in [5.74, 6) is -2.76. The summed E-state index contributed by atoms with van der Waals surface area (Å²) in [5.41, 5.74) is 0. The van der Waals surface area contributed by atoms with Gasteiger partial charge >= 0.3 is 12.1 Å². The van der Waals surface area contributed by atoms with Gasteiger partial charge in [-0.05, 0) is 20.0 Å². The second-order valence-electron chi connectivity index (χ2n) is 2.08. The number of aliphatic hydroxyl groups is 1. The van der Waals surface area contributed by atoms with E-state index in [-0.39, 0.29) is 6.61 Å². The van der Waals surface area contributed by atoms with E-state index in [2.05, 4.69) is 19.2 Å². The first-order chi connectivity index (χ1) is 6.77. The van der Waals surface area contributed by atoms with E-state index >= 15 is 0 Å². The van der Waals surface area contributed by atoms with E-state index in [0.717, 1.165) is 13.1 Å². The van der Waals surface area contributed by atoms with Crippen LogP contribution in [0, 0.1) is 0 Å². The molecule has 7 heteroatoms. The number of carboxylic acid groups (broad SMARTS) is 1. The molecule has 0 amide bonds. The first-order valence-electron chi connectivity index (χ1n) is 4.39. The van der Waals surface area contributed by atoms with Crippen molar-refractivity contribution in [1.29, 1.82) is 0 Å². The molecule has 0 rings (SSSR count). The molecule has 0 aromatic rings. The van der Waals surface area contributed by atoms with Crippen LogP contribution < -0.4 is 5.32 Å². The van der Waals surface area contributed by atoms with Gasteiger partial charge in [-0.25, -0.2) is 4.79 Å². The lowest BCUT2D eigenvalue weighted by molar-refractivity contribution is -0.192. The van der Waals surface area contributed by atoms with Crippen LogP contribution in [0.4, 0.5) is 13.2 Å². The highest BCUT2D eigenvalue weighted by atomic mass is 19.4. The molecule has 0 heterocycles. The Hall–Kier alpha value is -0.820. The van der Waals surface area contributed by atoms with Gasteiger partial charge in [0.2, 0.25) is 0 Å². The minimum absolute atomic E-state index is 0.250. The second kappa shape index (κ2) is 13.2. The Morgan fingerprint density at radius 1 is 1.20 bits per heavy atom. The van der Waals surface area contributed by atoms with Gasteiger partial charge in [-0.2, -0.15) is 13.2 Å². The number of halogens is 3. The molecule has 3 N–H and O–H groups in total. The smallest absolute Gasteiger partial charge is 0.475 e. The molecule has 0 aliphatic carbocycles. The van der Waals surface area contributed by atoms with E-state index < -0.39 is 12.1 Å². The summed E-state index contributed by atoms with van der Waals surface area (Å²) < 4.78 is 31.7. The predicted molar refractivity (Wildman–Crippen MR) is 50.7 cm³/mol. The molecule has 0 atom stereocenters. The van der Waals surface area contributed by atoms with Crippen molar-refractivity contribution < 1.29 is 28.2 Å². The average Bonchev–Trinajstić information content (AvgIpc) is 2.06. The first-order valence-corrected chi connectivity index (χ1v) is 4.39. The zero-order valence-corrected chi connectivity index (χ0v) is 9.06. The summed E-state index contributed by atoms with van der Waals surface area (Å²) in [4.78, 5) is 8.90. The van der Waals surface area contributed by atoms with E-state index in [1.54, 1.807) is 6.92 Å². The summed E-state index contributed by atoms with van der Waals surface area (Å²) in [6.45, 7) is 8.32. The maximum Gasteiger partial charge on any atom is 0.490 e. The van der Waals surface area contributed by atoms with Crippen LogP contribution in [-0.2, 0) is 4.79 Å². The topological polar surface area (TPSA) is 69.6 Å². The molecule has 0 aromatic heterocycles. The minimum Gasteiger partial charge on any atom is -0.475 e. The van der Waals surface area contributed by atoms with Crippen molar-refractivity contribution in [3.63, 3.8) is 0 Å². The summed E-state index contributed by atoms with van der Waals surface area (Å²) in [6.07, 6.45) is -5.08. The lowest BCUT2D eigenvalue weighted by Crippen LogP contribution is -2.21. The zero-order chi connectivity index (χ0) is 12.9. The fourth-order valence-electron chi connectivity index (χ4n) is 0.250. The minimum atomic E-state index is -5.08. The predicted octanol–water partition coefficient (Wildman–Crippen LogP) is 1.25. The molecule has 0 aromatic carbocycles. The number of alkyl halides is 3. The van der Waals surface area contributed by atoms with Crippen LogP contribution in [0.25, 0.3) is 0 Å². The van der Waals surface area contributed by atoms with Crippen LogP contribution in [0.2, 0.25) is 0 Å². The lowest BCUT2D eigenvalue weighted by Gasteiger charge is -1.93. The van der Waals surface area contributed by atoms with Crippen molar-refractivity contribution >= 4 is 5.97 Å². The third kappa shape index (κ3) is 32.0. The summed E-state index contributed by atoms with van der Waals surface area (Å²) >= 11 is 0. The van der Waals surface area contributed by atoms with Crippen LogP contribution in [-0.4, -0.2) is 42.1 Å². The highest BCUT2D eigenvalue weighted by Crippen LogP contribution is 2.13. The van der Waals surface area contributed by atoms with Gasteiger partial charge in [-0.1, -0.05) is 13.8 Å². The van der Waals surface area contributed by atoms with E-state index in [1.807, 2.05) is 0 Å². The molecule has 0 unspecified atom stereocenters. The first kappa shape index (κ1) is 19.7. The van der Waals surface area contributed by atoms with E-state index in [0.29, 0.717) is 0 Å². The molecule has 0 saturated heterocycles. The molecule has 0 aliphatic heterocycles. The van der Waals surface area contributed by atoms with Gasteiger partial charge in [-0.15, -0.1) is 0 Å². The molecular weight excluding hydrogens is 215 g/mol. The highest BCUT2D eigenvalue weighted by molar-refractivity contribution is 5.73. The van der Waals surface area contributed by atoms with Crippen LogP contribution >= 0.6 is 0 Å². The number of hydrogen-bond donors (Lipinski definition) is 3. The third-order valence-electron chi connectivity index (χ3n) is 0.743. The van der Waals surface area contributed by atoms with Crippen LogP contribution in [0.15, 0.2) is 0 Å². The van der Waals surface area contributed by atoms with Gasteiger partial charge < -0.3 is 15.5 Å². The number of carboxylic acids is 1. The molecule has 0 aliphatic rings. The Balaban J connectivity index is -0.000000158. The maximum absolute atomic E-state index is 10.6. The average molecular weight is 233 g/mol. The van der Waals surface area contributed by atoms with Crippen molar-refractivity contribution in [2.75, 3.05) is 19.7 Å². The Labute approximate surface area is 87.1 Å². The van der Waals surface area contributed by atoms with Crippen LogP contribution in [0.1, 0.15) is 20.8 Å².